The highest BCUT2D eigenvalue weighted by Gasteiger charge is 2.22. The normalized spacial score (nSPS) is 16.4. The molecule has 4 nitrogen and oxygen atoms in total. The zero-order valence-corrected chi connectivity index (χ0v) is 15.5. The van der Waals surface area contributed by atoms with E-state index in [0.717, 1.165) is 31.7 Å². The maximum absolute atomic E-state index is 11.5. The molecule has 0 spiro atoms. The maximum atomic E-state index is 11.5. The molecular weight excluding hydrogens is 332 g/mol. The number of thiophene rings is 1. The maximum Gasteiger partial charge on any atom is 0.320 e. The molecule has 1 N–H and O–H groups in total. The van der Waals surface area contributed by atoms with Crippen LogP contribution in [0.5, 0.6) is 0 Å². The number of carboxylic acid groups (broad SMARTS) is 1. The predicted octanol–water partition coefficient (Wildman–Crippen LogP) is 3.79. The largest absolute Gasteiger partial charge is 0.480 e. The van der Waals surface area contributed by atoms with Crippen LogP contribution < -0.4 is 0 Å². The summed E-state index contributed by atoms with van der Waals surface area (Å²) in [6, 6.07) is 12.2. The van der Waals surface area contributed by atoms with Gasteiger partial charge in [0.05, 0.1) is 0 Å². The van der Waals surface area contributed by atoms with Crippen LogP contribution in [0.3, 0.4) is 0 Å². The molecule has 0 saturated carbocycles. The Morgan fingerprint density at radius 3 is 2.56 bits per heavy atom. The molecule has 1 saturated heterocycles. The molecule has 0 bridgehead atoms. The lowest BCUT2D eigenvalue weighted by Gasteiger charge is -2.28. The van der Waals surface area contributed by atoms with Crippen LogP contribution in [0.25, 0.3) is 10.4 Å². The number of likely N-dealkylation sites (tertiary alicyclic amines) is 1. The molecule has 1 aliphatic heterocycles. The summed E-state index contributed by atoms with van der Waals surface area (Å²) < 4.78 is 0. The Morgan fingerprint density at radius 2 is 1.96 bits per heavy atom. The van der Waals surface area contributed by atoms with Crippen molar-refractivity contribution in [3.63, 3.8) is 0 Å². The Bertz CT molecular complexity index is 664. The molecule has 5 heteroatoms. The third-order valence-electron chi connectivity index (χ3n) is 4.95. The number of rotatable bonds is 8. The zero-order valence-electron chi connectivity index (χ0n) is 14.7. The van der Waals surface area contributed by atoms with Crippen LogP contribution >= 0.6 is 11.3 Å². The molecule has 0 radical (unpaired) electrons. The number of carboxylic acids is 1. The van der Waals surface area contributed by atoms with Gasteiger partial charge in [-0.3, -0.25) is 9.69 Å². The van der Waals surface area contributed by atoms with Crippen molar-refractivity contribution < 1.29 is 9.90 Å². The molecule has 1 fully saturated rings. The second kappa shape index (κ2) is 8.61. The highest BCUT2D eigenvalue weighted by atomic mass is 32.1. The number of benzene rings is 1. The molecule has 1 aromatic heterocycles. The van der Waals surface area contributed by atoms with E-state index in [2.05, 4.69) is 51.6 Å². The lowest BCUT2D eigenvalue weighted by Crippen LogP contribution is -2.42. The van der Waals surface area contributed by atoms with Crippen LogP contribution in [0.4, 0.5) is 0 Å². The molecule has 0 amide bonds. The van der Waals surface area contributed by atoms with Gasteiger partial charge in [-0.05, 0) is 55.4 Å². The lowest BCUT2D eigenvalue weighted by atomic mass is 10.1. The van der Waals surface area contributed by atoms with Gasteiger partial charge in [-0.2, -0.15) is 0 Å². The van der Waals surface area contributed by atoms with Crippen molar-refractivity contribution in [2.75, 3.05) is 26.2 Å². The van der Waals surface area contributed by atoms with Crippen LogP contribution in [-0.4, -0.2) is 53.1 Å². The van der Waals surface area contributed by atoms with Crippen molar-refractivity contribution in [3.8, 4) is 10.4 Å². The summed E-state index contributed by atoms with van der Waals surface area (Å²) in [6.07, 6.45) is 2.53. The van der Waals surface area contributed by atoms with Gasteiger partial charge in [-0.15, -0.1) is 11.3 Å². The first kappa shape index (κ1) is 18.1. The Kier molecular flexibility index (Phi) is 6.24. The summed E-state index contributed by atoms with van der Waals surface area (Å²) in [5, 5.41) is 11.5. The van der Waals surface area contributed by atoms with Crippen molar-refractivity contribution in [3.05, 3.63) is 47.3 Å². The minimum absolute atomic E-state index is 0.473. The third kappa shape index (κ3) is 4.91. The van der Waals surface area contributed by atoms with E-state index in [0.29, 0.717) is 6.54 Å². The third-order valence-corrected chi connectivity index (χ3v) is 5.87. The van der Waals surface area contributed by atoms with Crippen molar-refractivity contribution in [1.29, 1.82) is 0 Å². The van der Waals surface area contributed by atoms with Gasteiger partial charge in [0.15, 0.2) is 0 Å². The molecule has 25 heavy (non-hydrogen) atoms. The van der Waals surface area contributed by atoms with Crippen LogP contribution in [0.2, 0.25) is 0 Å². The van der Waals surface area contributed by atoms with E-state index in [-0.39, 0.29) is 0 Å². The smallest absolute Gasteiger partial charge is 0.320 e. The van der Waals surface area contributed by atoms with Crippen LogP contribution in [0.1, 0.15) is 25.3 Å². The van der Waals surface area contributed by atoms with Crippen molar-refractivity contribution in [1.82, 2.24) is 9.80 Å². The summed E-state index contributed by atoms with van der Waals surface area (Å²) >= 11 is 1.73. The van der Waals surface area contributed by atoms with Crippen molar-refractivity contribution >= 4 is 17.3 Å². The highest BCUT2D eigenvalue weighted by molar-refractivity contribution is 7.13. The highest BCUT2D eigenvalue weighted by Crippen LogP contribution is 2.25. The van der Waals surface area contributed by atoms with Gasteiger partial charge >= 0.3 is 5.97 Å². The summed E-state index contributed by atoms with van der Waals surface area (Å²) in [6.45, 7) is 6.49. The quantitative estimate of drug-likeness (QED) is 0.780. The summed E-state index contributed by atoms with van der Waals surface area (Å²) in [5.74, 6) is -0.753. The van der Waals surface area contributed by atoms with E-state index < -0.39 is 12.0 Å². The topological polar surface area (TPSA) is 43.8 Å². The van der Waals surface area contributed by atoms with Crippen molar-refractivity contribution in [2.45, 2.75) is 32.4 Å². The fourth-order valence-corrected chi connectivity index (χ4v) is 4.03. The first-order chi connectivity index (χ1) is 12.1. The first-order valence-corrected chi connectivity index (χ1v) is 9.83. The zero-order chi connectivity index (χ0) is 17.6. The SMILES string of the molecule is CC(C(=O)O)N(CCN1CCCC1)Cc1ccc(-c2cccs2)cc1. The molecule has 2 heterocycles. The Labute approximate surface area is 153 Å². The van der Waals surface area contributed by atoms with E-state index in [4.69, 9.17) is 0 Å². The summed E-state index contributed by atoms with van der Waals surface area (Å²) in [5.41, 5.74) is 2.38. The number of hydrogen-bond acceptors (Lipinski definition) is 4. The van der Waals surface area contributed by atoms with Gasteiger partial charge < -0.3 is 10.0 Å². The first-order valence-electron chi connectivity index (χ1n) is 8.95. The standard InChI is InChI=1S/C20H26N2O2S/c1-16(20(23)24)22(13-12-21-10-2-3-11-21)15-17-6-8-18(9-7-17)19-5-4-14-25-19/h4-9,14,16H,2-3,10-13,15H2,1H3,(H,23,24). The van der Waals surface area contributed by atoms with E-state index >= 15 is 0 Å². The predicted molar refractivity (Wildman–Crippen MR) is 103 cm³/mol. The second-order valence-electron chi connectivity index (χ2n) is 6.71. The minimum Gasteiger partial charge on any atom is -0.480 e. The van der Waals surface area contributed by atoms with E-state index in [9.17, 15) is 9.90 Å². The number of hydrogen-bond donors (Lipinski definition) is 1. The Hall–Kier alpha value is -1.69. The summed E-state index contributed by atoms with van der Waals surface area (Å²) in [4.78, 5) is 17.2. The van der Waals surface area contributed by atoms with Gasteiger partial charge in [0.1, 0.15) is 6.04 Å². The fraction of sp³-hybridized carbons (Fsp3) is 0.450. The fourth-order valence-electron chi connectivity index (χ4n) is 3.29. The monoisotopic (exact) mass is 358 g/mol. The molecule has 0 aliphatic carbocycles. The average Bonchev–Trinajstić information content (AvgIpc) is 3.32. The second-order valence-corrected chi connectivity index (χ2v) is 7.66. The summed E-state index contributed by atoms with van der Waals surface area (Å²) in [7, 11) is 0. The number of carbonyl (C=O) groups is 1. The molecule has 1 aromatic carbocycles. The minimum atomic E-state index is -0.753. The Morgan fingerprint density at radius 1 is 1.24 bits per heavy atom. The van der Waals surface area contributed by atoms with Gasteiger partial charge in [0, 0.05) is 24.5 Å². The average molecular weight is 359 g/mol. The molecule has 2 aromatic rings. The van der Waals surface area contributed by atoms with Gasteiger partial charge in [-0.1, -0.05) is 30.3 Å². The molecular formula is C20H26N2O2S. The Balaban J connectivity index is 1.64. The van der Waals surface area contributed by atoms with E-state index in [1.54, 1.807) is 18.3 Å². The molecule has 1 atom stereocenters. The van der Waals surface area contributed by atoms with E-state index in [1.807, 2.05) is 0 Å². The number of nitrogens with zero attached hydrogens (tertiary/aromatic N) is 2. The van der Waals surface area contributed by atoms with Crippen molar-refractivity contribution in [2.24, 2.45) is 0 Å². The van der Waals surface area contributed by atoms with Crippen LogP contribution in [0.15, 0.2) is 41.8 Å². The number of aliphatic carboxylic acids is 1. The van der Waals surface area contributed by atoms with Crippen LogP contribution in [0, 0.1) is 0 Å². The molecule has 134 valence electrons. The van der Waals surface area contributed by atoms with Crippen LogP contribution in [-0.2, 0) is 11.3 Å². The lowest BCUT2D eigenvalue weighted by molar-refractivity contribution is -0.142. The van der Waals surface area contributed by atoms with Gasteiger partial charge in [0.25, 0.3) is 0 Å². The van der Waals surface area contributed by atoms with Gasteiger partial charge in [0.2, 0.25) is 0 Å². The molecule has 1 aliphatic rings. The molecule has 3 rings (SSSR count). The molecule has 1 unspecified atom stereocenters. The van der Waals surface area contributed by atoms with Gasteiger partial charge in [-0.25, -0.2) is 0 Å². The van der Waals surface area contributed by atoms with E-state index in [1.165, 1.54) is 23.3 Å².